The predicted octanol–water partition coefficient (Wildman–Crippen LogP) is -0.295. The summed E-state index contributed by atoms with van der Waals surface area (Å²) in [6.45, 7) is 2.91. The molecule has 0 aromatic rings. The van der Waals surface area contributed by atoms with Crippen molar-refractivity contribution in [2.75, 3.05) is 13.1 Å². The number of nitrogens with one attached hydrogen (secondary N) is 2. The topological polar surface area (TPSA) is 105 Å². The normalized spacial score (nSPS) is 35.0. The second-order valence-electron chi connectivity index (χ2n) is 6.70. The highest BCUT2D eigenvalue weighted by atomic mass is 16.2. The largest absolute Gasteiger partial charge is 0.342 e. The molecule has 3 rings (SSSR count). The Morgan fingerprint density at radius 3 is 2.43 bits per heavy atom. The van der Waals surface area contributed by atoms with E-state index in [1.54, 1.807) is 4.90 Å². The van der Waals surface area contributed by atoms with Crippen LogP contribution in [0, 0.1) is 5.41 Å². The summed E-state index contributed by atoms with van der Waals surface area (Å²) < 4.78 is 0. The van der Waals surface area contributed by atoms with E-state index < -0.39 is 17.0 Å². The zero-order valence-electron chi connectivity index (χ0n) is 12.3. The molecule has 0 bridgehead atoms. The fourth-order valence-corrected chi connectivity index (χ4v) is 3.79. The maximum atomic E-state index is 12.7. The summed E-state index contributed by atoms with van der Waals surface area (Å²) in [5.41, 5.74) is 4.80. The molecule has 3 fully saturated rings. The number of carbonyl (C=O) groups is 3. The van der Waals surface area contributed by atoms with Crippen molar-refractivity contribution in [1.29, 1.82) is 0 Å². The predicted molar refractivity (Wildman–Crippen MR) is 75.2 cm³/mol. The Morgan fingerprint density at radius 1 is 1.29 bits per heavy atom. The van der Waals surface area contributed by atoms with Crippen molar-refractivity contribution in [3.63, 3.8) is 0 Å². The minimum Gasteiger partial charge on any atom is -0.342 e. The summed E-state index contributed by atoms with van der Waals surface area (Å²) in [7, 11) is 0. The lowest BCUT2D eigenvalue weighted by Crippen LogP contribution is -2.58. The fourth-order valence-electron chi connectivity index (χ4n) is 3.79. The number of likely N-dealkylation sites (tertiary alicyclic amines) is 1. The van der Waals surface area contributed by atoms with Crippen LogP contribution in [0.4, 0.5) is 4.79 Å². The molecule has 4 N–H and O–H groups in total. The summed E-state index contributed by atoms with van der Waals surface area (Å²) in [5.74, 6) is -0.185. The Balaban J connectivity index is 1.68. The average Bonchev–Trinajstić information content (AvgIpc) is 2.92. The zero-order chi connectivity index (χ0) is 15.3. The molecule has 21 heavy (non-hydrogen) atoms. The van der Waals surface area contributed by atoms with Gasteiger partial charge in [-0.3, -0.25) is 14.9 Å². The quantitative estimate of drug-likeness (QED) is 0.578. The van der Waals surface area contributed by atoms with Crippen molar-refractivity contribution >= 4 is 17.8 Å². The van der Waals surface area contributed by atoms with Gasteiger partial charge in [-0.05, 0) is 32.6 Å². The third-order valence-electron chi connectivity index (χ3n) is 5.44. The average molecular weight is 294 g/mol. The number of nitrogens with zero attached hydrogens (tertiary/aromatic N) is 1. The van der Waals surface area contributed by atoms with Crippen LogP contribution in [0.2, 0.25) is 0 Å². The van der Waals surface area contributed by atoms with Crippen LogP contribution in [-0.4, -0.2) is 47.4 Å². The number of carbonyl (C=O) groups excluding carboxylic acids is 3. The summed E-state index contributed by atoms with van der Waals surface area (Å²) in [6, 6.07) is -0.528. The van der Waals surface area contributed by atoms with Crippen LogP contribution < -0.4 is 16.4 Å². The third-order valence-corrected chi connectivity index (χ3v) is 5.44. The number of piperidine rings is 1. The molecule has 4 amide bonds. The molecule has 2 aliphatic heterocycles. The molecule has 7 nitrogen and oxygen atoms in total. The van der Waals surface area contributed by atoms with Crippen LogP contribution in [0.1, 0.15) is 39.0 Å². The summed E-state index contributed by atoms with van der Waals surface area (Å²) in [6.07, 6.45) is 3.62. The lowest BCUT2D eigenvalue weighted by Gasteiger charge is -2.41. The Labute approximate surface area is 123 Å². The zero-order valence-corrected chi connectivity index (χ0v) is 12.3. The van der Waals surface area contributed by atoms with Gasteiger partial charge in [0, 0.05) is 19.1 Å². The van der Waals surface area contributed by atoms with Crippen LogP contribution in [0.15, 0.2) is 0 Å². The number of urea groups is 1. The van der Waals surface area contributed by atoms with Gasteiger partial charge in [0.15, 0.2) is 0 Å². The van der Waals surface area contributed by atoms with Gasteiger partial charge in [0.1, 0.15) is 5.54 Å². The smallest absolute Gasteiger partial charge is 0.322 e. The number of imide groups is 1. The van der Waals surface area contributed by atoms with Crippen molar-refractivity contribution in [2.45, 2.75) is 50.6 Å². The van der Waals surface area contributed by atoms with Gasteiger partial charge >= 0.3 is 6.03 Å². The molecular weight excluding hydrogens is 272 g/mol. The molecular formula is C14H22N4O3. The standard InChI is InChI=1S/C14H22N4O3/c1-13(4-2-3-9(13)15)11(20)18-7-5-14(6-8-18)10(19)16-12(21)17-14/h9H,2-8,15H2,1H3,(H2,16,17,19,21). The third kappa shape index (κ3) is 2.10. The molecule has 1 saturated carbocycles. The van der Waals surface area contributed by atoms with E-state index in [0.717, 1.165) is 19.3 Å². The molecule has 2 atom stereocenters. The number of hydrogen-bond acceptors (Lipinski definition) is 4. The Bertz CT molecular complexity index is 498. The minimum absolute atomic E-state index is 0.0876. The second-order valence-corrected chi connectivity index (χ2v) is 6.70. The SMILES string of the molecule is CC1(C(=O)N2CCC3(CC2)NC(=O)NC3=O)CCCC1N. The highest BCUT2D eigenvalue weighted by Crippen LogP contribution is 2.39. The molecule has 2 saturated heterocycles. The summed E-state index contributed by atoms with van der Waals surface area (Å²) in [4.78, 5) is 37.7. The molecule has 1 aliphatic carbocycles. The van der Waals surface area contributed by atoms with Gasteiger partial charge in [0.2, 0.25) is 5.91 Å². The lowest BCUT2D eigenvalue weighted by molar-refractivity contribution is -0.144. The van der Waals surface area contributed by atoms with Gasteiger partial charge in [-0.25, -0.2) is 4.79 Å². The van der Waals surface area contributed by atoms with Crippen molar-refractivity contribution in [3.05, 3.63) is 0 Å². The van der Waals surface area contributed by atoms with Crippen molar-refractivity contribution < 1.29 is 14.4 Å². The highest BCUT2D eigenvalue weighted by Gasteiger charge is 2.51. The number of rotatable bonds is 1. The second kappa shape index (κ2) is 4.69. The Morgan fingerprint density at radius 2 is 1.95 bits per heavy atom. The van der Waals surface area contributed by atoms with E-state index in [1.807, 2.05) is 6.92 Å². The molecule has 7 heteroatoms. The summed E-state index contributed by atoms with van der Waals surface area (Å²) >= 11 is 0. The van der Waals surface area contributed by atoms with Crippen LogP contribution >= 0.6 is 0 Å². The number of nitrogens with two attached hydrogens (primary N) is 1. The fraction of sp³-hybridized carbons (Fsp3) is 0.786. The Kier molecular flexibility index (Phi) is 3.20. The van der Waals surface area contributed by atoms with Gasteiger partial charge in [-0.2, -0.15) is 0 Å². The van der Waals surface area contributed by atoms with E-state index in [2.05, 4.69) is 10.6 Å². The maximum Gasteiger partial charge on any atom is 0.322 e. The van der Waals surface area contributed by atoms with Gasteiger partial charge in [-0.1, -0.05) is 6.42 Å². The van der Waals surface area contributed by atoms with Gasteiger partial charge in [0.25, 0.3) is 5.91 Å². The molecule has 3 aliphatic rings. The molecule has 116 valence electrons. The summed E-state index contributed by atoms with van der Waals surface area (Å²) in [5, 5.41) is 4.98. The minimum atomic E-state index is -0.827. The van der Waals surface area contributed by atoms with E-state index in [0.29, 0.717) is 25.9 Å². The molecule has 0 radical (unpaired) electrons. The first kappa shape index (κ1) is 14.3. The first-order chi connectivity index (χ1) is 9.87. The molecule has 2 heterocycles. The number of hydrogen-bond donors (Lipinski definition) is 3. The molecule has 0 aromatic carbocycles. The van der Waals surface area contributed by atoms with Crippen molar-refractivity contribution in [2.24, 2.45) is 11.1 Å². The van der Waals surface area contributed by atoms with E-state index in [4.69, 9.17) is 5.73 Å². The van der Waals surface area contributed by atoms with Gasteiger partial charge in [0.05, 0.1) is 5.41 Å². The van der Waals surface area contributed by atoms with Crippen LogP contribution in [0.5, 0.6) is 0 Å². The highest BCUT2D eigenvalue weighted by molar-refractivity contribution is 6.07. The maximum absolute atomic E-state index is 12.7. The van der Waals surface area contributed by atoms with Gasteiger partial charge in [-0.15, -0.1) is 0 Å². The van der Waals surface area contributed by atoms with Crippen molar-refractivity contribution in [1.82, 2.24) is 15.5 Å². The molecule has 1 spiro atoms. The van der Waals surface area contributed by atoms with Crippen molar-refractivity contribution in [3.8, 4) is 0 Å². The van der Waals surface area contributed by atoms with E-state index >= 15 is 0 Å². The Hall–Kier alpha value is -1.63. The first-order valence-corrected chi connectivity index (χ1v) is 7.56. The first-order valence-electron chi connectivity index (χ1n) is 7.56. The lowest BCUT2D eigenvalue weighted by atomic mass is 9.81. The van der Waals surface area contributed by atoms with Gasteiger partial charge < -0.3 is 16.0 Å². The van der Waals surface area contributed by atoms with Crippen LogP contribution in [0.25, 0.3) is 0 Å². The van der Waals surface area contributed by atoms with E-state index in [9.17, 15) is 14.4 Å². The van der Waals surface area contributed by atoms with Crippen LogP contribution in [-0.2, 0) is 9.59 Å². The monoisotopic (exact) mass is 294 g/mol. The molecule has 0 aromatic heterocycles. The molecule has 2 unspecified atom stereocenters. The van der Waals surface area contributed by atoms with E-state index in [-0.39, 0.29) is 17.9 Å². The van der Waals surface area contributed by atoms with Crippen LogP contribution in [0.3, 0.4) is 0 Å². The number of amides is 4. The van der Waals surface area contributed by atoms with E-state index in [1.165, 1.54) is 0 Å².